The van der Waals surface area contributed by atoms with Crippen molar-refractivity contribution < 1.29 is 4.79 Å². The molecule has 0 unspecified atom stereocenters. The lowest BCUT2D eigenvalue weighted by molar-refractivity contribution is -0.121. The molecule has 0 aliphatic carbocycles. The highest BCUT2D eigenvalue weighted by Gasteiger charge is 2.13. The standard InChI is InChI=1S/C17H27BrN6OS/c1-4-26-17-22-15(20-10-12(2)3)13-11-21-24(16(13)23-17)9-8-19-14(25)6-5-7-18/h11-12H,4-10H2,1-3H3,(H,19,25)(H,20,22,23). The highest BCUT2D eigenvalue weighted by Crippen LogP contribution is 2.24. The number of nitrogens with one attached hydrogen (secondary N) is 2. The van der Waals surface area contributed by atoms with E-state index in [2.05, 4.69) is 62.4 Å². The van der Waals surface area contributed by atoms with Gasteiger partial charge < -0.3 is 10.6 Å². The Bertz CT molecular complexity index is 721. The highest BCUT2D eigenvalue weighted by molar-refractivity contribution is 9.09. The number of alkyl halides is 1. The number of rotatable bonds is 11. The second-order valence-electron chi connectivity index (χ2n) is 6.31. The van der Waals surface area contributed by atoms with Gasteiger partial charge in [-0.05, 0) is 18.1 Å². The first kappa shape index (κ1) is 21.0. The summed E-state index contributed by atoms with van der Waals surface area (Å²) in [6.07, 6.45) is 3.17. The van der Waals surface area contributed by atoms with Gasteiger partial charge in [0, 0.05) is 24.8 Å². The molecule has 2 N–H and O–H groups in total. The van der Waals surface area contributed by atoms with E-state index in [1.807, 2.05) is 4.68 Å². The minimum Gasteiger partial charge on any atom is -0.369 e. The SMILES string of the molecule is CCSc1nc(NCC(C)C)c2cnn(CCNC(=O)CCCBr)c2n1. The average Bonchev–Trinajstić information content (AvgIpc) is 3.01. The summed E-state index contributed by atoms with van der Waals surface area (Å²) in [6, 6.07) is 0. The molecule has 9 heteroatoms. The fourth-order valence-corrected chi connectivity index (χ4v) is 3.19. The summed E-state index contributed by atoms with van der Waals surface area (Å²) in [4.78, 5) is 21.0. The van der Waals surface area contributed by atoms with Gasteiger partial charge in [-0.2, -0.15) is 5.10 Å². The van der Waals surface area contributed by atoms with Crippen LogP contribution in [0.3, 0.4) is 0 Å². The van der Waals surface area contributed by atoms with Gasteiger partial charge in [0.15, 0.2) is 10.8 Å². The van der Waals surface area contributed by atoms with E-state index in [0.29, 0.717) is 25.4 Å². The summed E-state index contributed by atoms with van der Waals surface area (Å²) in [5.41, 5.74) is 0.803. The lowest BCUT2D eigenvalue weighted by Gasteiger charge is -2.11. The van der Waals surface area contributed by atoms with Crippen LogP contribution in [0.15, 0.2) is 11.4 Å². The van der Waals surface area contributed by atoms with Crippen molar-refractivity contribution in [1.82, 2.24) is 25.1 Å². The van der Waals surface area contributed by atoms with Crippen LogP contribution in [-0.4, -0.2) is 49.8 Å². The summed E-state index contributed by atoms with van der Waals surface area (Å²) in [6.45, 7) is 8.37. The molecular weight excluding hydrogens is 416 g/mol. The molecule has 2 heterocycles. The molecule has 144 valence electrons. The monoisotopic (exact) mass is 442 g/mol. The van der Waals surface area contributed by atoms with Crippen molar-refractivity contribution in [3.8, 4) is 0 Å². The zero-order valence-electron chi connectivity index (χ0n) is 15.6. The number of thioether (sulfide) groups is 1. The summed E-state index contributed by atoms with van der Waals surface area (Å²) in [7, 11) is 0. The molecule has 0 saturated carbocycles. The van der Waals surface area contributed by atoms with E-state index in [0.717, 1.165) is 46.1 Å². The van der Waals surface area contributed by atoms with Crippen molar-refractivity contribution in [1.29, 1.82) is 0 Å². The molecule has 1 amide bonds. The number of hydrogen-bond donors (Lipinski definition) is 2. The number of anilines is 1. The smallest absolute Gasteiger partial charge is 0.220 e. The Kier molecular flexibility index (Phi) is 8.64. The lowest BCUT2D eigenvalue weighted by Crippen LogP contribution is -2.27. The minimum atomic E-state index is 0.0667. The Morgan fingerprint density at radius 2 is 2.19 bits per heavy atom. The van der Waals surface area contributed by atoms with Crippen LogP contribution in [0.1, 0.15) is 33.6 Å². The average molecular weight is 443 g/mol. The first-order valence-corrected chi connectivity index (χ1v) is 11.1. The zero-order valence-corrected chi connectivity index (χ0v) is 18.0. The number of fused-ring (bicyclic) bond motifs is 1. The maximum Gasteiger partial charge on any atom is 0.220 e. The summed E-state index contributed by atoms with van der Waals surface area (Å²) >= 11 is 4.95. The van der Waals surface area contributed by atoms with E-state index in [1.165, 1.54) is 0 Å². The first-order valence-electron chi connectivity index (χ1n) is 8.98. The number of carbonyl (C=O) groups excluding carboxylic acids is 1. The van der Waals surface area contributed by atoms with Gasteiger partial charge >= 0.3 is 0 Å². The van der Waals surface area contributed by atoms with Gasteiger partial charge in [-0.1, -0.05) is 48.5 Å². The molecule has 0 fully saturated rings. The number of halogens is 1. The third-order valence-electron chi connectivity index (χ3n) is 3.61. The van der Waals surface area contributed by atoms with Crippen LogP contribution in [-0.2, 0) is 11.3 Å². The predicted octanol–water partition coefficient (Wildman–Crippen LogP) is 3.30. The van der Waals surface area contributed by atoms with Crippen LogP contribution in [0.5, 0.6) is 0 Å². The second kappa shape index (κ2) is 10.7. The van der Waals surface area contributed by atoms with Crippen LogP contribution in [0.4, 0.5) is 5.82 Å². The molecule has 0 aliphatic heterocycles. The van der Waals surface area contributed by atoms with E-state index >= 15 is 0 Å². The third kappa shape index (κ3) is 6.12. The van der Waals surface area contributed by atoms with Crippen LogP contribution in [0.2, 0.25) is 0 Å². The van der Waals surface area contributed by atoms with Gasteiger partial charge in [0.25, 0.3) is 0 Å². The van der Waals surface area contributed by atoms with Crippen LogP contribution >= 0.6 is 27.7 Å². The molecule has 2 rings (SSSR count). The Morgan fingerprint density at radius 3 is 2.88 bits per heavy atom. The van der Waals surface area contributed by atoms with Gasteiger partial charge in [0.2, 0.25) is 5.91 Å². The van der Waals surface area contributed by atoms with Crippen molar-refractivity contribution in [3.63, 3.8) is 0 Å². The van der Waals surface area contributed by atoms with E-state index in [9.17, 15) is 4.79 Å². The van der Waals surface area contributed by atoms with Crippen LogP contribution in [0.25, 0.3) is 11.0 Å². The highest BCUT2D eigenvalue weighted by atomic mass is 79.9. The molecular formula is C17H27BrN6OS. The fraction of sp³-hybridized carbons (Fsp3) is 0.647. The first-order chi connectivity index (χ1) is 12.5. The fourth-order valence-electron chi connectivity index (χ4n) is 2.35. The van der Waals surface area contributed by atoms with Gasteiger partial charge in [-0.3, -0.25) is 4.79 Å². The van der Waals surface area contributed by atoms with Crippen molar-refractivity contribution in [2.45, 2.75) is 45.3 Å². The summed E-state index contributed by atoms with van der Waals surface area (Å²) in [5, 5.41) is 13.3. The largest absolute Gasteiger partial charge is 0.369 e. The van der Waals surface area contributed by atoms with Gasteiger partial charge in [-0.15, -0.1) is 0 Å². The van der Waals surface area contributed by atoms with E-state index in [1.54, 1.807) is 18.0 Å². The lowest BCUT2D eigenvalue weighted by atomic mass is 10.2. The maximum absolute atomic E-state index is 11.7. The Balaban J connectivity index is 2.13. The van der Waals surface area contributed by atoms with Crippen LogP contribution in [0, 0.1) is 5.92 Å². The molecule has 0 aliphatic rings. The number of hydrogen-bond acceptors (Lipinski definition) is 6. The van der Waals surface area contributed by atoms with Gasteiger partial charge in [0.05, 0.1) is 18.1 Å². The second-order valence-corrected chi connectivity index (χ2v) is 8.33. The van der Waals surface area contributed by atoms with Crippen LogP contribution < -0.4 is 10.6 Å². The van der Waals surface area contributed by atoms with Gasteiger partial charge in [0.1, 0.15) is 5.82 Å². The molecule has 0 saturated heterocycles. The van der Waals surface area contributed by atoms with Gasteiger partial charge in [-0.25, -0.2) is 14.6 Å². The topological polar surface area (TPSA) is 84.7 Å². The number of carbonyl (C=O) groups is 1. The van der Waals surface area contributed by atoms with Crippen molar-refractivity contribution in [3.05, 3.63) is 6.20 Å². The van der Waals surface area contributed by atoms with E-state index < -0.39 is 0 Å². The molecule has 0 bridgehead atoms. The zero-order chi connectivity index (χ0) is 18.9. The summed E-state index contributed by atoms with van der Waals surface area (Å²) < 4.78 is 1.84. The molecule has 2 aromatic heterocycles. The molecule has 2 aromatic rings. The molecule has 0 spiro atoms. The Morgan fingerprint density at radius 1 is 1.38 bits per heavy atom. The number of amides is 1. The number of nitrogens with zero attached hydrogens (tertiary/aromatic N) is 4. The molecule has 0 radical (unpaired) electrons. The third-order valence-corrected chi connectivity index (χ3v) is 4.90. The Hall–Kier alpha value is -1.35. The number of aromatic nitrogens is 4. The Labute approximate surface area is 167 Å². The van der Waals surface area contributed by atoms with Crippen molar-refractivity contribution in [2.24, 2.45) is 5.92 Å². The van der Waals surface area contributed by atoms with E-state index in [4.69, 9.17) is 0 Å². The quantitative estimate of drug-likeness (QED) is 0.315. The van der Waals surface area contributed by atoms with E-state index in [-0.39, 0.29) is 5.91 Å². The molecule has 7 nitrogen and oxygen atoms in total. The van der Waals surface area contributed by atoms with Crippen molar-refractivity contribution >= 4 is 50.5 Å². The molecule has 0 atom stereocenters. The molecule has 26 heavy (non-hydrogen) atoms. The normalized spacial score (nSPS) is 11.3. The van der Waals surface area contributed by atoms with Crippen molar-refractivity contribution in [2.75, 3.05) is 29.5 Å². The minimum absolute atomic E-state index is 0.0667. The summed E-state index contributed by atoms with van der Waals surface area (Å²) in [5.74, 6) is 2.32. The maximum atomic E-state index is 11.7. The predicted molar refractivity (Wildman–Crippen MR) is 111 cm³/mol. The molecule has 0 aromatic carbocycles.